The molecule has 0 aliphatic carbocycles. The molecule has 0 spiro atoms. The van der Waals surface area contributed by atoms with Gasteiger partial charge in [-0.1, -0.05) is 103 Å². The lowest BCUT2D eigenvalue weighted by Gasteiger charge is -2.30. The topological polar surface area (TPSA) is 464 Å². The largest absolute Gasteiger partial charge is 0.368 e. The van der Waals surface area contributed by atoms with Crippen molar-refractivity contribution in [1.29, 1.82) is 0 Å². The smallest absolute Gasteiger partial charge is 0.243 e. The van der Waals surface area contributed by atoms with Gasteiger partial charge in [-0.3, -0.25) is 52.7 Å². The molecular formula is C66H128N16O11. The van der Waals surface area contributed by atoms with Gasteiger partial charge in [0.15, 0.2) is 0 Å². The zero-order valence-electron chi connectivity index (χ0n) is 59.1. The van der Waals surface area contributed by atoms with E-state index >= 15 is 0 Å². The molecule has 0 aromatic carbocycles. The summed E-state index contributed by atoms with van der Waals surface area (Å²) in [6, 6.07) is -12.3. The zero-order valence-corrected chi connectivity index (χ0v) is 59.1. The van der Waals surface area contributed by atoms with Gasteiger partial charge in [0.2, 0.25) is 65.0 Å². The van der Waals surface area contributed by atoms with Gasteiger partial charge in [0.1, 0.15) is 60.4 Å². The number of nitrogens with one attached hydrogen (secondary N) is 10. The third kappa shape index (κ3) is 38.2. The van der Waals surface area contributed by atoms with Crippen LogP contribution in [-0.4, -0.2) is 158 Å². The molecule has 11 atom stereocenters. The molecule has 22 N–H and O–H groups in total. The summed E-state index contributed by atoms with van der Waals surface area (Å²) < 4.78 is 0. The molecule has 0 aliphatic rings. The molecular weight excluding hydrogens is 1190 g/mol. The van der Waals surface area contributed by atoms with Gasteiger partial charge in [-0.2, -0.15) is 0 Å². The monoisotopic (exact) mass is 1320 g/mol. The Morgan fingerprint density at radius 3 is 0.591 bits per heavy atom. The molecule has 0 unspecified atom stereocenters. The van der Waals surface area contributed by atoms with Gasteiger partial charge in [-0.05, 0) is 183 Å². The van der Waals surface area contributed by atoms with Gasteiger partial charge in [0, 0.05) is 0 Å². The van der Waals surface area contributed by atoms with Crippen molar-refractivity contribution in [2.45, 2.75) is 285 Å². The predicted molar refractivity (Wildman–Crippen MR) is 364 cm³/mol. The number of unbranched alkanes of at least 4 members (excludes halogenated alkanes) is 4. The van der Waals surface area contributed by atoms with Crippen LogP contribution in [0.2, 0.25) is 0 Å². The number of primary amides is 1. The summed E-state index contributed by atoms with van der Waals surface area (Å²) in [4.78, 5) is 154. The van der Waals surface area contributed by atoms with Gasteiger partial charge >= 0.3 is 0 Å². The number of rotatable bonds is 51. The van der Waals surface area contributed by atoms with Crippen LogP contribution >= 0.6 is 0 Å². The maximum atomic E-state index is 14.6. The van der Waals surface area contributed by atoms with E-state index in [4.69, 9.17) is 34.4 Å². The highest BCUT2D eigenvalue weighted by Gasteiger charge is 2.37. The van der Waals surface area contributed by atoms with Crippen molar-refractivity contribution < 1.29 is 52.7 Å². The molecule has 0 aliphatic heterocycles. The number of carbonyl (C=O) groups is 11. The van der Waals surface area contributed by atoms with Gasteiger partial charge in [-0.15, -0.1) is 0 Å². The van der Waals surface area contributed by atoms with Crippen LogP contribution in [0.1, 0.15) is 219 Å². The first-order valence-electron chi connectivity index (χ1n) is 34.5. The third-order valence-electron chi connectivity index (χ3n) is 15.5. The molecule has 93 heavy (non-hydrogen) atoms. The van der Waals surface area contributed by atoms with Gasteiger partial charge in [0.05, 0.1) is 6.04 Å². The lowest BCUT2D eigenvalue weighted by atomic mass is 9.98. The Morgan fingerprint density at radius 2 is 0.398 bits per heavy atom. The molecule has 27 nitrogen and oxygen atoms in total. The molecule has 0 heterocycles. The Kier molecular flexibility index (Phi) is 44.7. The number of hydrogen-bond donors (Lipinski definition) is 16. The van der Waals surface area contributed by atoms with E-state index in [0.717, 1.165) is 0 Å². The van der Waals surface area contributed by atoms with Gasteiger partial charge < -0.3 is 87.6 Å². The Labute approximate surface area is 556 Å². The second-order valence-electron chi connectivity index (χ2n) is 28.2. The normalized spacial score (nSPS) is 15.2. The van der Waals surface area contributed by atoms with Crippen molar-refractivity contribution in [3.8, 4) is 0 Å². The van der Waals surface area contributed by atoms with E-state index in [0.29, 0.717) is 77.4 Å². The maximum Gasteiger partial charge on any atom is 0.243 e. The molecule has 27 heteroatoms. The molecule has 0 saturated carbocycles. The first kappa shape index (κ1) is 87.0. The number of nitrogens with two attached hydrogens (primary N) is 6. The molecule has 0 aromatic rings. The Bertz CT molecular complexity index is 2270. The summed E-state index contributed by atoms with van der Waals surface area (Å²) >= 11 is 0. The SMILES string of the molecule is CC(C)C[C@H](NC(=O)[C@H](CC(C)C)NC(=O)[C@H](CC(C)C)NC(=O)[C@H](CCCCN)NC(=O)[C@@H](CC(C)C)NC(=O)[C@@H](CC(C)C)NC(=O)[C@H](CCCCN)NC(=O)[C@@H](CC(C)C)NC(=O)[C@@H](CC(C)C)NC(=O)[C@@H](CCCCN)NC(=O)[C@@H](N)CCCCN)C(N)=O. The second-order valence-corrected chi connectivity index (χ2v) is 28.2. The lowest BCUT2D eigenvalue weighted by molar-refractivity contribution is -0.136. The molecule has 0 rings (SSSR count). The molecule has 0 fully saturated rings. The summed E-state index contributed by atoms with van der Waals surface area (Å²) in [6.45, 7) is 27.5. The van der Waals surface area contributed by atoms with Crippen molar-refractivity contribution in [2.24, 2.45) is 75.8 Å². The summed E-state index contributed by atoms with van der Waals surface area (Å²) in [5.41, 5.74) is 34.9. The molecule has 0 bridgehead atoms. The summed E-state index contributed by atoms with van der Waals surface area (Å²) in [5, 5.41) is 28.1. The summed E-state index contributed by atoms with van der Waals surface area (Å²) in [5.74, 6) is -7.99. The number of hydrogen-bond acceptors (Lipinski definition) is 16. The number of carbonyl (C=O) groups excluding carboxylic acids is 11. The standard InChI is InChI=1S/C66H128N16O11/c1-38(2)31-49(56(72)83)76-63(90)52(34-41(7)8)82-66(93)55(37-44(13)14)79-60(87)48(26-18-22-30-70)75-62(89)51(33-40(5)6)81-65(92)54(36-43(11)12)78-59(86)47(25-17-21-29-69)74-61(88)50(32-39(3)4)80-64(91)53(35-42(9)10)77-58(85)46(24-16-20-28-68)73-57(84)45(71)23-15-19-27-67/h38-55H,15-37,67-71H2,1-14H3,(H2,72,83)(H,73,84)(H,74,88)(H,75,89)(H,76,90)(H,77,85)(H,78,86)(H,79,87)(H,80,91)(H,81,92)(H,82,93)/t45-,46+,47-,48-,49-,50+,51+,52-,53+,54+,55-/m0/s1. The molecule has 0 saturated heterocycles. The van der Waals surface area contributed by atoms with E-state index in [2.05, 4.69) is 53.2 Å². The fourth-order valence-corrected chi connectivity index (χ4v) is 10.6. The van der Waals surface area contributed by atoms with E-state index in [-0.39, 0.29) is 112 Å². The van der Waals surface area contributed by atoms with Crippen LogP contribution in [0.25, 0.3) is 0 Å². The van der Waals surface area contributed by atoms with E-state index < -0.39 is 131 Å². The predicted octanol–water partition coefficient (Wildman–Crippen LogP) is 1.49. The Morgan fingerprint density at radius 1 is 0.237 bits per heavy atom. The van der Waals surface area contributed by atoms with Crippen LogP contribution in [0, 0.1) is 41.4 Å². The zero-order chi connectivity index (χ0) is 71.1. The van der Waals surface area contributed by atoms with E-state index in [1.54, 1.807) is 0 Å². The molecule has 0 radical (unpaired) electrons. The number of amides is 11. The quantitative estimate of drug-likeness (QED) is 0.0384. The van der Waals surface area contributed by atoms with E-state index in [1.807, 2.05) is 96.9 Å². The van der Waals surface area contributed by atoms with Crippen molar-refractivity contribution in [3.63, 3.8) is 0 Å². The Balaban J connectivity index is 7.03. The average molecular weight is 1320 g/mol. The van der Waals surface area contributed by atoms with Crippen LogP contribution in [0.5, 0.6) is 0 Å². The van der Waals surface area contributed by atoms with E-state index in [1.165, 1.54) is 0 Å². The van der Waals surface area contributed by atoms with Gasteiger partial charge in [-0.25, -0.2) is 0 Å². The first-order chi connectivity index (χ1) is 43.6. The third-order valence-corrected chi connectivity index (χ3v) is 15.5. The fourth-order valence-electron chi connectivity index (χ4n) is 10.6. The van der Waals surface area contributed by atoms with Crippen molar-refractivity contribution in [2.75, 3.05) is 26.2 Å². The molecule has 538 valence electrons. The van der Waals surface area contributed by atoms with Crippen molar-refractivity contribution in [1.82, 2.24) is 53.2 Å². The minimum absolute atomic E-state index is 0.0280. The van der Waals surface area contributed by atoms with Crippen LogP contribution < -0.4 is 87.6 Å². The second kappa shape index (κ2) is 47.8. The highest BCUT2D eigenvalue weighted by molar-refractivity contribution is 5.99. The molecule has 0 aromatic heterocycles. The van der Waals surface area contributed by atoms with Crippen LogP contribution in [0.3, 0.4) is 0 Å². The minimum Gasteiger partial charge on any atom is -0.368 e. The highest BCUT2D eigenvalue weighted by Crippen LogP contribution is 2.17. The summed E-state index contributed by atoms with van der Waals surface area (Å²) in [7, 11) is 0. The van der Waals surface area contributed by atoms with Crippen LogP contribution in [0.15, 0.2) is 0 Å². The maximum absolute atomic E-state index is 14.6. The highest BCUT2D eigenvalue weighted by atomic mass is 16.2. The molecule has 11 amide bonds. The Hall–Kier alpha value is -6.03. The van der Waals surface area contributed by atoms with Crippen LogP contribution in [-0.2, 0) is 52.7 Å². The van der Waals surface area contributed by atoms with Gasteiger partial charge in [0.25, 0.3) is 0 Å². The van der Waals surface area contributed by atoms with Crippen molar-refractivity contribution in [3.05, 3.63) is 0 Å². The lowest BCUT2D eigenvalue weighted by Crippen LogP contribution is -2.61. The summed E-state index contributed by atoms with van der Waals surface area (Å²) in [6.07, 6.45) is 6.18. The van der Waals surface area contributed by atoms with Crippen molar-refractivity contribution >= 4 is 65.0 Å². The first-order valence-corrected chi connectivity index (χ1v) is 34.5. The average Bonchev–Trinajstić information content (AvgIpc) is 1.72. The van der Waals surface area contributed by atoms with E-state index in [9.17, 15) is 52.7 Å². The minimum atomic E-state index is -1.23. The van der Waals surface area contributed by atoms with Crippen LogP contribution in [0.4, 0.5) is 0 Å². The fraction of sp³-hybridized carbons (Fsp3) is 0.833.